The summed E-state index contributed by atoms with van der Waals surface area (Å²) in [5.74, 6) is 3.89. The van der Waals surface area contributed by atoms with Crippen molar-refractivity contribution in [2.75, 3.05) is 7.11 Å². The summed E-state index contributed by atoms with van der Waals surface area (Å²) in [6, 6.07) is 6.07. The Morgan fingerprint density at radius 3 is 2.70 bits per heavy atom. The summed E-state index contributed by atoms with van der Waals surface area (Å²) in [5, 5.41) is 13.3. The van der Waals surface area contributed by atoms with Gasteiger partial charge >= 0.3 is 0 Å². The molecule has 4 heteroatoms. The standard InChI is InChI=1S/C16H20O2SSi/c1-18-15-6-5-12(14-7-9-19-16(14)15)11-13(17)8-10-20(2,3)4/h5-7,9,13,17H,11H2,1-4H3. The van der Waals surface area contributed by atoms with Crippen LogP contribution in [0.4, 0.5) is 0 Å². The second kappa shape index (κ2) is 6.00. The molecule has 1 N–H and O–H groups in total. The molecule has 0 spiro atoms. The van der Waals surface area contributed by atoms with E-state index in [9.17, 15) is 5.11 Å². The van der Waals surface area contributed by atoms with Gasteiger partial charge in [0, 0.05) is 6.42 Å². The van der Waals surface area contributed by atoms with Crippen molar-refractivity contribution < 1.29 is 9.84 Å². The van der Waals surface area contributed by atoms with Crippen molar-refractivity contribution in [3.8, 4) is 17.2 Å². The molecule has 0 bridgehead atoms. The SMILES string of the molecule is COc1ccc(CC(O)C#C[Si](C)(C)C)c2ccsc12. The zero-order chi connectivity index (χ0) is 14.8. The van der Waals surface area contributed by atoms with E-state index in [1.807, 2.05) is 12.1 Å². The molecule has 0 aliphatic carbocycles. The lowest BCUT2D eigenvalue weighted by atomic mass is 10.0. The topological polar surface area (TPSA) is 29.5 Å². The quantitative estimate of drug-likeness (QED) is 0.692. The van der Waals surface area contributed by atoms with Crippen LogP contribution in [0, 0.1) is 11.5 Å². The smallest absolute Gasteiger partial charge is 0.136 e. The molecule has 1 unspecified atom stereocenters. The summed E-state index contributed by atoms with van der Waals surface area (Å²) in [4.78, 5) is 0. The van der Waals surface area contributed by atoms with Crippen LogP contribution >= 0.6 is 11.3 Å². The summed E-state index contributed by atoms with van der Waals surface area (Å²) < 4.78 is 6.50. The van der Waals surface area contributed by atoms with Crippen molar-refractivity contribution >= 4 is 29.5 Å². The Morgan fingerprint density at radius 1 is 1.30 bits per heavy atom. The predicted molar refractivity (Wildman–Crippen MR) is 89.2 cm³/mol. The highest BCUT2D eigenvalue weighted by Crippen LogP contribution is 2.33. The predicted octanol–water partition coefficient (Wildman–Crippen LogP) is 3.69. The number of hydrogen-bond acceptors (Lipinski definition) is 3. The van der Waals surface area contributed by atoms with Gasteiger partial charge in [-0.1, -0.05) is 31.6 Å². The van der Waals surface area contributed by atoms with E-state index in [-0.39, 0.29) is 0 Å². The third-order valence-corrected chi connectivity index (χ3v) is 4.74. The Bertz CT molecular complexity index is 658. The van der Waals surface area contributed by atoms with E-state index in [1.54, 1.807) is 18.4 Å². The number of fused-ring (bicyclic) bond motifs is 1. The maximum absolute atomic E-state index is 10.1. The summed E-state index contributed by atoms with van der Waals surface area (Å²) in [7, 11) is 0.251. The fourth-order valence-corrected chi connectivity index (χ4v) is 3.53. The molecule has 1 heterocycles. The highest BCUT2D eigenvalue weighted by molar-refractivity contribution is 7.17. The van der Waals surface area contributed by atoms with Gasteiger partial charge in [-0.25, -0.2) is 0 Å². The first-order valence-electron chi connectivity index (χ1n) is 6.64. The van der Waals surface area contributed by atoms with Gasteiger partial charge in [-0.05, 0) is 28.5 Å². The zero-order valence-electron chi connectivity index (χ0n) is 12.4. The highest BCUT2D eigenvalue weighted by Gasteiger charge is 2.12. The summed E-state index contributed by atoms with van der Waals surface area (Å²) >= 11 is 1.66. The van der Waals surface area contributed by atoms with Crippen molar-refractivity contribution in [2.24, 2.45) is 0 Å². The highest BCUT2D eigenvalue weighted by atomic mass is 32.1. The van der Waals surface area contributed by atoms with Crippen LogP contribution in [0.3, 0.4) is 0 Å². The number of ether oxygens (including phenoxy) is 1. The molecule has 0 radical (unpaired) electrons. The van der Waals surface area contributed by atoms with Crippen molar-refractivity contribution in [3.05, 3.63) is 29.1 Å². The molecule has 2 aromatic rings. The lowest BCUT2D eigenvalue weighted by molar-refractivity contribution is 0.234. The number of aliphatic hydroxyl groups excluding tert-OH is 1. The molecule has 106 valence electrons. The molecule has 0 saturated heterocycles. The first-order valence-corrected chi connectivity index (χ1v) is 11.0. The fourth-order valence-electron chi connectivity index (χ4n) is 1.99. The Morgan fingerprint density at radius 2 is 2.05 bits per heavy atom. The third kappa shape index (κ3) is 3.63. The number of methoxy groups -OCH3 is 1. The molecule has 0 saturated carbocycles. The fraction of sp³-hybridized carbons (Fsp3) is 0.375. The van der Waals surface area contributed by atoms with Crippen LogP contribution in [0.15, 0.2) is 23.6 Å². The van der Waals surface area contributed by atoms with Gasteiger partial charge in [0.2, 0.25) is 0 Å². The van der Waals surface area contributed by atoms with Gasteiger partial charge in [-0.15, -0.1) is 16.9 Å². The number of thiophene rings is 1. The minimum atomic E-state index is -1.43. The largest absolute Gasteiger partial charge is 0.495 e. The second-order valence-corrected chi connectivity index (χ2v) is 11.5. The lowest BCUT2D eigenvalue weighted by Gasteiger charge is -2.09. The molecule has 0 aliphatic rings. The van der Waals surface area contributed by atoms with E-state index >= 15 is 0 Å². The average molecular weight is 304 g/mol. The maximum Gasteiger partial charge on any atom is 0.136 e. The van der Waals surface area contributed by atoms with Crippen molar-refractivity contribution in [1.29, 1.82) is 0 Å². The van der Waals surface area contributed by atoms with Gasteiger partial charge in [0.25, 0.3) is 0 Å². The molecule has 20 heavy (non-hydrogen) atoms. The van der Waals surface area contributed by atoms with Gasteiger partial charge in [-0.2, -0.15) is 0 Å². The van der Waals surface area contributed by atoms with E-state index in [1.165, 1.54) is 0 Å². The Hall–Kier alpha value is -1.28. The van der Waals surface area contributed by atoms with Gasteiger partial charge in [0.05, 0.1) is 11.8 Å². The van der Waals surface area contributed by atoms with Gasteiger partial charge < -0.3 is 9.84 Å². The molecule has 2 nitrogen and oxygen atoms in total. The van der Waals surface area contributed by atoms with E-state index in [2.05, 4.69) is 42.6 Å². The van der Waals surface area contributed by atoms with Gasteiger partial charge in [0.1, 0.15) is 19.9 Å². The van der Waals surface area contributed by atoms with E-state index in [0.717, 1.165) is 21.4 Å². The monoisotopic (exact) mass is 304 g/mol. The van der Waals surface area contributed by atoms with Gasteiger partial charge in [0.15, 0.2) is 0 Å². The molecule has 1 atom stereocenters. The maximum atomic E-state index is 10.1. The molecule has 1 aromatic heterocycles. The molecular weight excluding hydrogens is 284 g/mol. The summed E-state index contributed by atoms with van der Waals surface area (Å²) in [6.45, 7) is 6.53. The van der Waals surface area contributed by atoms with Crippen molar-refractivity contribution in [2.45, 2.75) is 32.2 Å². The van der Waals surface area contributed by atoms with Crippen molar-refractivity contribution in [1.82, 2.24) is 0 Å². The van der Waals surface area contributed by atoms with E-state index in [4.69, 9.17) is 4.74 Å². The Balaban J connectivity index is 2.26. The molecule has 1 aromatic carbocycles. The Kier molecular flexibility index (Phi) is 4.54. The van der Waals surface area contributed by atoms with Crippen LogP contribution in [0.5, 0.6) is 5.75 Å². The number of hydrogen-bond donors (Lipinski definition) is 1. The molecule has 2 rings (SSSR count). The normalized spacial score (nSPS) is 12.8. The van der Waals surface area contributed by atoms with E-state index < -0.39 is 14.2 Å². The number of benzene rings is 1. The molecule has 0 fully saturated rings. The van der Waals surface area contributed by atoms with Crippen LogP contribution in [0.1, 0.15) is 5.56 Å². The van der Waals surface area contributed by atoms with Gasteiger partial charge in [-0.3, -0.25) is 0 Å². The molecule has 0 aliphatic heterocycles. The second-order valence-electron chi connectivity index (χ2n) is 5.83. The van der Waals surface area contributed by atoms with Crippen LogP contribution in [-0.4, -0.2) is 26.4 Å². The average Bonchev–Trinajstić information content (AvgIpc) is 2.85. The van der Waals surface area contributed by atoms with Crippen molar-refractivity contribution in [3.63, 3.8) is 0 Å². The number of rotatable bonds is 3. The van der Waals surface area contributed by atoms with E-state index in [0.29, 0.717) is 6.42 Å². The minimum absolute atomic E-state index is 0.564. The first-order chi connectivity index (χ1) is 9.40. The minimum Gasteiger partial charge on any atom is -0.495 e. The summed E-state index contributed by atoms with van der Waals surface area (Å²) in [5.41, 5.74) is 4.35. The molecular formula is C16H20O2SSi. The van der Waals surface area contributed by atoms with Crippen LogP contribution < -0.4 is 4.74 Å². The molecule has 0 amide bonds. The zero-order valence-corrected chi connectivity index (χ0v) is 14.2. The number of aliphatic hydroxyl groups is 1. The van der Waals surface area contributed by atoms with Crippen LogP contribution in [-0.2, 0) is 6.42 Å². The van der Waals surface area contributed by atoms with Crippen LogP contribution in [0.25, 0.3) is 10.1 Å². The lowest BCUT2D eigenvalue weighted by Crippen LogP contribution is -2.18. The first kappa shape index (κ1) is 15.1. The third-order valence-electron chi connectivity index (χ3n) is 2.92. The summed E-state index contributed by atoms with van der Waals surface area (Å²) in [6.07, 6.45) is -0.0347. The van der Waals surface area contributed by atoms with Crippen LogP contribution in [0.2, 0.25) is 19.6 Å². The Labute approximate surface area is 125 Å².